The Morgan fingerprint density at radius 1 is 0.969 bits per heavy atom. The first-order valence-corrected chi connectivity index (χ1v) is 12.0. The van der Waals surface area contributed by atoms with E-state index in [9.17, 15) is 4.79 Å². The normalized spacial score (nSPS) is 19.8. The van der Waals surface area contributed by atoms with Gasteiger partial charge in [0.15, 0.2) is 0 Å². The molecule has 170 valence electrons. The van der Waals surface area contributed by atoms with Gasteiger partial charge in [-0.3, -0.25) is 9.89 Å². The average Bonchev–Trinajstić information content (AvgIpc) is 3.39. The molecular weight excluding hydrogens is 422 g/mol. The lowest BCUT2D eigenvalue weighted by Crippen LogP contribution is -2.48. The van der Waals surface area contributed by atoms with Crippen molar-refractivity contribution in [1.82, 2.24) is 25.0 Å². The number of hydrogen-bond acceptors (Lipinski definition) is 3. The number of aromatic nitrogens is 3. The van der Waals surface area contributed by atoms with E-state index < -0.39 is 0 Å². The predicted molar refractivity (Wildman–Crippen MR) is 130 cm³/mol. The monoisotopic (exact) mass is 453 g/mol. The summed E-state index contributed by atoms with van der Waals surface area (Å²) < 4.78 is 0. The van der Waals surface area contributed by atoms with Crippen LogP contribution >= 0.6 is 12.4 Å². The minimum atomic E-state index is 0. The van der Waals surface area contributed by atoms with Gasteiger partial charge in [-0.25, -0.2) is 0 Å². The van der Waals surface area contributed by atoms with E-state index >= 15 is 0 Å². The van der Waals surface area contributed by atoms with Crippen LogP contribution in [0.5, 0.6) is 0 Å². The number of halogens is 1. The van der Waals surface area contributed by atoms with Crippen LogP contribution in [0.15, 0.2) is 24.4 Å². The largest absolute Gasteiger partial charge is 0.353 e. The van der Waals surface area contributed by atoms with Crippen LogP contribution in [0.2, 0.25) is 0 Å². The van der Waals surface area contributed by atoms with Gasteiger partial charge in [0.1, 0.15) is 0 Å². The number of fused-ring (bicyclic) bond motifs is 5. The van der Waals surface area contributed by atoms with Gasteiger partial charge < -0.3 is 14.8 Å². The number of amides is 1. The molecule has 7 heteroatoms. The van der Waals surface area contributed by atoms with E-state index in [1.807, 2.05) is 12.3 Å². The molecule has 2 N–H and O–H groups in total. The van der Waals surface area contributed by atoms with Crippen molar-refractivity contribution in [2.24, 2.45) is 0 Å². The molecule has 1 aliphatic carbocycles. The molecule has 32 heavy (non-hydrogen) atoms. The van der Waals surface area contributed by atoms with Crippen molar-refractivity contribution in [3.8, 4) is 11.4 Å². The summed E-state index contributed by atoms with van der Waals surface area (Å²) in [6.07, 6.45) is 11.4. The lowest BCUT2D eigenvalue weighted by atomic mass is 9.99. The second kappa shape index (κ2) is 8.91. The molecule has 0 spiro atoms. The van der Waals surface area contributed by atoms with Gasteiger partial charge in [0.05, 0.1) is 17.6 Å². The van der Waals surface area contributed by atoms with Crippen LogP contribution in [-0.2, 0) is 12.8 Å². The molecule has 2 aliphatic heterocycles. The molecule has 1 amide bonds. The minimum Gasteiger partial charge on any atom is -0.353 e. The van der Waals surface area contributed by atoms with E-state index in [2.05, 4.69) is 37.1 Å². The third-order valence-electron chi connectivity index (χ3n) is 7.65. The van der Waals surface area contributed by atoms with Gasteiger partial charge in [-0.1, -0.05) is 6.42 Å². The van der Waals surface area contributed by atoms with E-state index in [0.717, 1.165) is 67.7 Å². The van der Waals surface area contributed by atoms with Crippen LogP contribution in [0.25, 0.3) is 22.3 Å². The van der Waals surface area contributed by atoms with Gasteiger partial charge in [-0.05, 0) is 87.4 Å². The maximum atomic E-state index is 13.3. The molecule has 6 rings (SSSR count). The molecule has 4 heterocycles. The standard InChI is InChI=1S/C25H31N5O.ClH/c31-25(30-13-9-19(10-14-30)29-11-2-1-3-12-29)17-7-8-22-21(15-17)20-6-4-5-18-16-26-28-23(18)24(20)27-22;/h7-8,15-16,19,27H,1-6,9-14H2,(H,26,28);1H. The van der Waals surface area contributed by atoms with Crippen LogP contribution in [-0.4, -0.2) is 63.1 Å². The lowest BCUT2D eigenvalue weighted by molar-refractivity contribution is 0.0590. The number of piperidine rings is 2. The Hall–Kier alpha value is -2.31. The molecule has 3 aromatic rings. The number of likely N-dealkylation sites (tertiary alicyclic amines) is 2. The van der Waals surface area contributed by atoms with Crippen molar-refractivity contribution in [3.63, 3.8) is 0 Å². The van der Waals surface area contributed by atoms with Crippen LogP contribution < -0.4 is 0 Å². The number of hydrogen-bond donors (Lipinski definition) is 2. The second-order valence-corrected chi connectivity index (χ2v) is 9.48. The first kappa shape index (κ1) is 21.5. The van der Waals surface area contributed by atoms with Crippen molar-refractivity contribution in [1.29, 1.82) is 0 Å². The number of H-pyrrole nitrogens is 2. The molecule has 6 nitrogen and oxygen atoms in total. The van der Waals surface area contributed by atoms with Crippen molar-refractivity contribution < 1.29 is 4.79 Å². The topological polar surface area (TPSA) is 68.0 Å². The zero-order valence-electron chi connectivity index (χ0n) is 18.5. The Kier molecular flexibility index (Phi) is 5.99. The first-order chi connectivity index (χ1) is 15.3. The Labute approximate surface area is 195 Å². The molecule has 2 saturated heterocycles. The molecule has 0 atom stereocenters. The van der Waals surface area contributed by atoms with Gasteiger partial charge in [-0.2, -0.15) is 5.10 Å². The molecule has 0 radical (unpaired) electrons. The number of nitrogens with zero attached hydrogens (tertiary/aromatic N) is 3. The summed E-state index contributed by atoms with van der Waals surface area (Å²) in [6.45, 7) is 4.24. The highest BCUT2D eigenvalue weighted by atomic mass is 35.5. The summed E-state index contributed by atoms with van der Waals surface area (Å²) >= 11 is 0. The number of carbonyl (C=O) groups is 1. The SMILES string of the molecule is Cl.O=C(c1ccc2[nH]c3c(c2c1)CCCc1cn[nH]c1-3)N1CCC(N2CCCCC2)CC1. The minimum absolute atomic E-state index is 0. The highest BCUT2D eigenvalue weighted by molar-refractivity contribution is 6.00. The Bertz CT molecular complexity index is 1100. The molecule has 0 unspecified atom stereocenters. The Balaban J connectivity index is 0.00000216. The molecule has 3 aliphatic rings. The first-order valence-electron chi connectivity index (χ1n) is 12.0. The summed E-state index contributed by atoms with van der Waals surface area (Å²) in [5, 5.41) is 8.61. The quantitative estimate of drug-likeness (QED) is 0.597. The number of aromatic amines is 2. The highest BCUT2D eigenvalue weighted by Gasteiger charge is 2.28. The Morgan fingerprint density at radius 2 is 1.78 bits per heavy atom. The van der Waals surface area contributed by atoms with Crippen molar-refractivity contribution in [2.75, 3.05) is 26.2 Å². The number of rotatable bonds is 2. The van der Waals surface area contributed by atoms with Gasteiger partial charge in [0.25, 0.3) is 5.91 Å². The molecule has 2 fully saturated rings. The fourth-order valence-corrected chi connectivity index (χ4v) is 5.93. The van der Waals surface area contributed by atoms with Crippen LogP contribution in [0.1, 0.15) is 60.0 Å². The van der Waals surface area contributed by atoms with E-state index in [0.29, 0.717) is 6.04 Å². The maximum Gasteiger partial charge on any atom is 0.253 e. The highest BCUT2D eigenvalue weighted by Crippen LogP contribution is 2.36. The van der Waals surface area contributed by atoms with Gasteiger partial charge in [0, 0.05) is 35.6 Å². The summed E-state index contributed by atoms with van der Waals surface area (Å²) in [5.74, 6) is 0.185. The second-order valence-electron chi connectivity index (χ2n) is 9.48. The molecular formula is C25H32ClN5O. The fourth-order valence-electron chi connectivity index (χ4n) is 5.93. The molecule has 2 aromatic heterocycles. The number of nitrogens with one attached hydrogen (secondary N) is 2. The maximum absolute atomic E-state index is 13.3. The van der Waals surface area contributed by atoms with E-state index in [1.165, 1.54) is 48.9 Å². The van der Waals surface area contributed by atoms with Crippen LogP contribution in [0, 0.1) is 0 Å². The fraction of sp³-hybridized carbons (Fsp3) is 0.520. The summed E-state index contributed by atoms with van der Waals surface area (Å²) in [5.41, 5.74) is 6.77. The molecule has 0 bridgehead atoms. The van der Waals surface area contributed by atoms with Gasteiger partial charge in [0.2, 0.25) is 0 Å². The van der Waals surface area contributed by atoms with Crippen LogP contribution in [0.3, 0.4) is 0 Å². The lowest BCUT2D eigenvalue weighted by Gasteiger charge is -2.40. The van der Waals surface area contributed by atoms with E-state index in [4.69, 9.17) is 0 Å². The van der Waals surface area contributed by atoms with Crippen molar-refractivity contribution in [2.45, 2.75) is 57.4 Å². The number of aryl methyl sites for hydroxylation is 2. The zero-order chi connectivity index (χ0) is 20.8. The summed E-state index contributed by atoms with van der Waals surface area (Å²) in [6, 6.07) is 6.85. The Morgan fingerprint density at radius 3 is 2.59 bits per heavy atom. The van der Waals surface area contributed by atoms with Gasteiger partial charge in [-0.15, -0.1) is 12.4 Å². The van der Waals surface area contributed by atoms with E-state index in [-0.39, 0.29) is 18.3 Å². The number of benzene rings is 1. The third kappa shape index (κ3) is 3.73. The van der Waals surface area contributed by atoms with Crippen LogP contribution in [0.4, 0.5) is 0 Å². The van der Waals surface area contributed by atoms with Gasteiger partial charge >= 0.3 is 0 Å². The van der Waals surface area contributed by atoms with Crippen molar-refractivity contribution in [3.05, 3.63) is 41.1 Å². The predicted octanol–water partition coefficient (Wildman–Crippen LogP) is 4.56. The summed E-state index contributed by atoms with van der Waals surface area (Å²) in [4.78, 5) is 21.6. The van der Waals surface area contributed by atoms with E-state index in [1.54, 1.807) is 0 Å². The van der Waals surface area contributed by atoms with Crippen molar-refractivity contribution >= 4 is 29.2 Å². The molecule has 0 saturated carbocycles. The third-order valence-corrected chi connectivity index (χ3v) is 7.65. The molecule has 1 aromatic carbocycles. The number of carbonyl (C=O) groups excluding carboxylic acids is 1. The zero-order valence-corrected chi connectivity index (χ0v) is 19.3. The summed E-state index contributed by atoms with van der Waals surface area (Å²) in [7, 11) is 0. The smallest absolute Gasteiger partial charge is 0.253 e. The average molecular weight is 454 g/mol.